The highest BCUT2D eigenvalue weighted by molar-refractivity contribution is 7.12. The summed E-state index contributed by atoms with van der Waals surface area (Å²) in [6.07, 6.45) is 0. The smallest absolute Gasteiger partial charge is 0.218 e. The van der Waals surface area contributed by atoms with Crippen LogP contribution in [0, 0.1) is 20.8 Å². The molecule has 0 aliphatic rings. The third kappa shape index (κ3) is 4.25. The topological polar surface area (TPSA) is 3.24 Å². The van der Waals surface area contributed by atoms with Crippen LogP contribution >= 0.6 is 0 Å². The van der Waals surface area contributed by atoms with E-state index in [1.807, 2.05) is 0 Å². The maximum Gasteiger partial charge on any atom is 0.218 e. The molecule has 0 saturated heterocycles. The zero-order valence-electron chi connectivity index (χ0n) is 19.6. The molecule has 30 heavy (non-hydrogen) atoms. The van der Waals surface area contributed by atoms with E-state index < -0.39 is 17.2 Å². The minimum Gasteiger partial charge on any atom is -0.337 e. The van der Waals surface area contributed by atoms with Crippen molar-refractivity contribution in [1.29, 1.82) is 0 Å². The maximum absolute atomic E-state index is 3.01. The molecule has 0 fully saturated rings. The van der Waals surface area contributed by atoms with Gasteiger partial charge in [-0.3, -0.25) is 0 Å². The van der Waals surface area contributed by atoms with Gasteiger partial charge < -0.3 is 4.23 Å². The first-order valence-corrected chi connectivity index (χ1v) is 15.5. The molecule has 0 atom stereocenters. The Balaban J connectivity index is 2.42. The lowest BCUT2D eigenvalue weighted by Crippen LogP contribution is -2.79. The Morgan fingerprint density at radius 2 is 0.867 bits per heavy atom. The van der Waals surface area contributed by atoms with E-state index >= 15 is 0 Å². The second kappa shape index (κ2) is 9.91. The number of hydrogen-bond acceptors (Lipinski definition) is 1. The van der Waals surface area contributed by atoms with Crippen LogP contribution in [-0.4, -0.2) is 28.0 Å². The second-order valence-corrected chi connectivity index (χ2v) is 16.4. The maximum atomic E-state index is 3.01. The summed E-state index contributed by atoms with van der Waals surface area (Å²) in [5.74, 6) is 0. The fraction of sp³-hybridized carbons (Fsp3) is 0.333. The predicted octanol–water partition coefficient (Wildman–Crippen LogP) is 4.66. The number of aryl methyl sites for hydroxylation is 3. The molecule has 3 heteroatoms. The van der Waals surface area contributed by atoms with Gasteiger partial charge in [0.1, 0.15) is 8.96 Å². The van der Waals surface area contributed by atoms with Gasteiger partial charge in [0, 0.05) is 0 Å². The summed E-state index contributed by atoms with van der Waals surface area (Å²) in [7, 11) is -3.42. The van der Waals surface area contributed by atoms with Crippen LogP contribution in [0.25, 0.3) is 0 Å². The molecular formula is C27H37NSi2. The van der Waals surface area contributed by atoms with Gasteiger partial charge in [-0.05, 0) is 42.9 Å². The monoisotopic (exact) mass is 431 g/mol. The highest BCUT2D eigenvalue weighted by atomic mass is 28.4. The van der Waals surface area contributed by atoms with Crippen LogP contribution in [0.3, 0.4) is 0 Å². The SMILES string of the molecule is CCN([SiH](CC)CC)[Si](c1ccc(C)cc1)(c1ccc(C)cc1)c1ccc(C)cc1. The van der Waals surface area contributed by atoms with E-state index in [-0.39, 0.29) is 0 Å². The predicted molar refractivity (Wildman–Crippen MR) is 139 cm³/mol. The lowest BCUT2D eigenvalue weighted by atomic mass is 10.2. The van der Waals surface area contributed by atoms with Crippen molar-refractivity contribution in [3.05, 3.63) is 89.5 Å². The molecule has 0 aliphatic heterocycles. The summed E-state index contributed by atoms with van der Waals surface area (Å²) in [5.41, 5.74) is 3.99. The van der Waals surface area contributed by atoms with E-state index in [4.69, 9.17) is 0 Å². The number of nitrogens with zero attached hydrogens (tertiary/aromatic N) is 1. The fourth-order valence-electron chi connectivity index (χ4n) is 4.88. The summed E-state index contributed by atoms with van der Waals surface area (Å²) in [6.45, 7) is 14.9. The van der Waals surface area contributed by atoms with Gasteiger partial charge in [-0.25, -0.2) is 0 Å². The summed E-state index contributed by atoms with van der Waals surface area (Å²) in [4.78, 5) is 0. The van der Waals surface area contributed by atoms with Crippen molar-refractivity contribution in [3.8, 4) is 0 Å². The molecule has 3 aromatic rings. The van der Waals surface area contributed by atoms with Gasteiger partial charge in [0.05, 0.1) is 0 Å². The lowest BCUT2D eigenvalue weighted by Gasteiger charge is -2.47. The molecule has 0 N–H and O–H groups in total. The molecule has 0 unspecified atom stereocenters. The van der Waals surface area contributed by atoms with E-state index in [9.17, 15) is 0 Å². The molecule has 3 rings (SSSR count). The van der Waals surface area contributed by atoms with E-state index in [0.717, 1.165) is 6.54 Å². The lowest BCUT2D eigenvalue weighted by molar-refractivity contribution is 0.672. The highest BCUT2D eigenvalue weighted by Crippen LogP contribution is 2.19. The molecule has 0 amide bonds. The fourth-order valence-corrected chi connectivity index (χ4v) is 15.9. The third-order valence-electron chi connectivity index (χ3n) is 6.56. The van der Waals surface area contributed by atoms with Gasteiger partial charge >= 0.3 is 0 Å². The van der Waals surface area contributed by atoms with E-state index in [1.165, 1.54) is 44.3 Å². The molecule has 3 aromatic carbocycles. The molecule has 0 aliphatic carbocycles. The van der Waals surface area contributed by atoms with Crippen LogP contribution in [0.4, 0.5) is 0 Å². The van der Waals surface area contributed by atoms with Crippen LogP contribution in [0.1, 0.15) is 37.5 Å². The Morgan fingerprint density at radius 3 is 1.10 bits per heavy atom. The third-order valence-corrected chi connectivity index (χ3v) is 16.6. The molecular weight excluding hydrogens is 394 g/mol. The summed E-state index contributed by atoms with van der Waals surface area (Å²) >= 11 is 0. The van der Waals surface area contributed by atoms with Gasteiger partial charge in [0.25, 0.3) is 0 Å². The molecule has 0 saturated carbocycles. The average molecular weight is 432 g/mol. The zero-order valence-corrected chi connectivity index (χ0v) is 21.7. The van der Waals surface area contributed by atoms with Crippen LogP contribution in [-0.2, 0) is 0 Å². The summed E-state index contributed by atoms with van der Waals surface area (Å²) in [6, 6.07) is 31.0. The molecule has 0 heterocycles. The highest BCUT2D eigenvalue weighted by Gasteiger charge is 2.46. The minimum absolute atomic E-state index is 1.08. The molecule has 0 radical (unpaired) electrons. The number of rotatable bonds is 8. The Kier molecular flexibility index (Phi) is 7.51. The second-order valence-electron chi connectivity index (χ2n) is 8.56. The van der Waals surface area contributed by atoms with Gasteiger partial charge in [-0.2, -0.15) is 0 Å². The normalized spacial score (nSPS) is 12.0. The quantitative estimate of drug-likeness (QED) is 0.370. The first-order valence-electron chi connectivity index (χ1n) is 11.4. The van der Waals surface area contributed by atoms with Crippen LogP contribution in [0.15, 0.2) is 72.8 Å². The molecule has 1 nitrogen and oxygen atoms in total. The standard InChI is InChI=1S/C27H37NSi2/c1-7-28(29(8-2)9-3)30(25-16-10-22(4)11-17-25,26-18-12-23(5)13-19-26)27-20-14-24(6)15-21-27/h10-21,29H,7-9H2,1-6H3. The Hall–Kier alpha value is -1.95. The average Bonchev–Trinajstić information content (AvgIpc) is 2.76. The van der Waals surface area contributed by atoms with E-state index in [1.54, 1.807) is 0 Å². The van der Waals surface area contributed by atoms with Gasteiger partial charge in [0.15, 0.2) is 0 Å². The zero-order chi connectivity index (χ0) is 21.7. The number of hydrogen-bond donors (Lipinski definition) is 0. The molecule has 158 valence electrons. The molecule has 0 aromatic heterocycles. The van der Waals surface area contributed by atoms with E-state index in [0.29, 0.717) is 0 Å². The van der Waals surface area contributed by atoms with Crippen molar-refractivity contribution < 1.29 is 0 Å². The van der Waals surface area contributed by atoms with Crippen molar-refractivity contribution in [1.82, 2.24) is 4.23 Å². The van der Waals surface area contributed by atoms with Crippen molar-refractivity contribution in [2.24, 2.45) is 0 Å². The number of benzene rings is 3. The Bertz CT molecular complexity index is 815. The summed E-state index contributed by atoms with van der Waals surface area (Å²) < 4.78 is 3.01. The van der Waals surface area contributed by atoms with E-state index in [2.05, 4.69) is 119 Å². The van der Waals surface area contributed by atoms with Crippen LogP contribution < -0.4 is 15.6 Å². The van der Waals surface area contributed by atoms with Gasteiger partial charge in [-0.1, -0.05) is 122 Å². The largest absolute Gasteiger partial charge is 0.337 e. The van der Waals surface area contributed by atoms with Crippen LogP contribution in [0.5, 0.6) is 0 Å². The van der Waals surface area contributed by atoms with Crippen LogP contribution in [0.2, 0.25) is 12.1 Å². The van der Waals surface area contributed by atoms with Gasteiger partial charge in [-0.15, -0.1) is 0 Å². The minimum atomic E-state index is -2.33. The first-order chi connectivity index (χ1) is 14.5. The van der Waals surface area contributed by atoms with Crippen molar-refractivity contribution in [2.75, 3.05) is 6.54 Å². The van der Waals surface area contributed by atoms with Gasteiger partial charge in [0.2, 0.25) is 8.24 Å². The first kappa shape index (κ1) is 22.7. The van der Waals surface area contributed by atoms with Crippen molar-refractivity contribution in [3.63, 3.8) is 0 Å². The van der Waals surface area contributed by atoms with Crippen molar-refractivity contribution in [2.45, 2.75) is 53.6 Å². The summed E-state index contributed by atoms with van der Waals surface area (Å²) in [5, 5.41) is 4.55. The molecule has 0 bridgehead atoms. The Morgan fingerprint density at radius 1 is 0.567 bits per heavy atom. The molecule has 0 spiro atoms. The van der Waals surface area contributed by atoms with Crippen molar-refractivity contribution >= 4 is 32.8 Å². The Labute approximate surface area is 186 Å².